The topological polar surface area (TPSA) is 34.9 Å². The number of aromatic nitrogens is 2. The van der Waals surface area contributed by atoms with E-state index in [0.717, 1.165) is 19.4 Å². The zero-order valence-electron chi connectivity index (χ0n) is 8.57. The van der Waals surface area contributed by atoms with Crippen molar-refractivity contribution < 1.29 is 4.79 Å². The summed E-state index contributed by atoms with van der Waals surface area (Å²) in [6, 6.07) is 0. The van der Waals surface area contributed by atoms with Gasteiger partial charge in [0.25, 0.3) is 0 Å². The van der Waals surface area contributed by atoms with Crippen LogP contribution in [0.5, 0.6) is 0 Å². The van der Waals surface area contributed by atoms with Crippen molar-refractivity contribution in [3.63, 3.8) is 0 Å². The summed E-state index contributed by atoms with van der Waals surface area (Å²) in [7, 11) is 0. The van der Waals surface area contributed by atoms with Crippen LogP contribution in [0.15, 0.2) is 12.4 Å². The van der Waals surface area contributed by atoms with Crippen molar-refractivity contribution in [1.29, 1.82) is 0 Å². The highest BCUT2D eigenvalue weighted by Crippen LogP contribution is 2.27. The maximum absolute atomic E-state index is 12.0. The van der Waals surface area contributed by atoms with Gasteiger partial charge in [0.05, 0.1) is 0 Å². The van der Waals surface area contributed by atoms with Gasteiger partial charge in [0.15, 0.2) is 5.82 Å². The molecule has 0 amide bonds. The fourth-order valence-corrected chi connectivity index (χ4v) is 2.16. The third kappa shape index (κ3) is 1.59. The van der Waals surface area contributed by atoms with E-state index in [0.29, 0.717) is 5.82 Å². The molecule has 76 valence electrons. The molecule has 2 rings (SSSR count). The second kappa shape index (κ2) is 3.95. The second-order valence-corrected chi connectivity index (χ2v) is 3.88. The molecule has 14 heavy (non-hydrogen) atoms. The molecular formula is C11H16N2O. The summed E-state index contributed by atoms with van der Waals surface area (Å²) in [6.07, 6.45) is 8.09. The Morgan fingerprint density at radius 1 is 1.57 bits per heavy atom. The van der Waals surface area contributed by atoms with Crippen molar-refractivity contribution >= 4 is 5.78 Å². The van der Waals surface area contributed by atoms with Gasteiger partial charge in [-0.05, 0) is 19.8 Å². The maximum atomic E-state index is 12.0. The molecule has 0 radical (unpaired) electrons. The monoisotopic (exact) mass is 192 g/mol. The molecule has 3 nitrogen and oxygen atoms in total. The van der Waals surface area contributed by atoms with E-state index in [-0.39, 0.29) is 11.7 Å². The van der Waals surface area contributed by atoms with Crippen LogP contribution in [0.1, 0.15) is 43.2 Å². The minimum absolute atomic E-state index is 0.239. The number of carbonyl (C=O) groups is 1. The van der Waals surface area contributed by atoms with Gasteiger partial charge in [0.2, 0.25) is 5.78 Å². The molecule has 1 aliphatic carbocycles. The quantitative estimate of drug-likeness (QED) is 0.688. The molecule has 0 aliphatic heterocycles. The molecule has 0 atom stereocenters. The Balaban J connectivity index is 2.17. The third-order valence-corrected chi connectivity index (χ3v) is 3.00. The average molecular weight is 192 g/mol. The molecule has 0 aromatic carbocycles. The first-order chi connectivity index (χ1) is 6.83. The van der Waals surface area contributed by atoms with Crippen LogP contribution in [0.25, 0.3) is 0 Å². The lowest BCUT2D eigenvalue weighted by atomic mass is 10.0. The van der Waals surface area contributed by atoms with Gasteiger partial charge < -0.3 is 4.57 Å². The molecule has 3 heteroatoms. The van der Waals surface area contributed by atoms with Crippen LogP contribution in [0.2, 0.25) is 0 Å². The fraction of sp³-hybridized carbons (Fsp3) is 0.636. The summed E-state index contributed by atoms with van der Waals surface area (Å²) >= 11 is 0. The van der Waals surface area contributed by atoms with Crippen molar-refractivity contribution in [2.45, 2.75) is 39.2 Å². The van der Waals surface area contributed by atoms with Crippen LogP contribution >= 0.6 is 0 Å². The normalized spacial score (nSPS) is 17.5. The van der Waals surface area contributed by atoms with E-state index in [4.69, 9.17) is 0 Å². The predicted molar refractivity (Wildman–Crippen MR) is 54.2 cm³/mol. The van der Waals surface area contributed by atoms with Crippen molar-refractivity contribution in [2.75, 3.05) is 0 Å². The molecular weight excluding hydrogens is 176 g/mol. The van der Waals surface area contributed by atoms with Gasteiger partial charge in [0, 0.05) is 24.9 Å². The SMILES string of the molecule is CCn1ccnc1C(=O)C1CCCC1. The standard InChI is InChI=1S/C11H16N2O/c1-2-13-8-7-12-11(13)10(14)9-5-3-4-6-9/h7-9H,2-6H2,1H3. The summed E-state index contributed by atoms with van der Waals surface area (Å²) in [4.78, 5) is 16.1. The smallest absolute Gasteiger partial charge is 0.201 e. The number of hydrogen-bond donors (Lipinski definition) is 0. The van der Waals surface area contributed by atoms with Crippen molar-refractivity contribution in [1.82, 2.24) is 9.55 Å². The fourth-order valence-electron chi connectivity index (χ4n) is 2.16. The van der Waals surface area contributed by atoms with Gasteiger partial charge in [0.1, 0.15) is 0 Å². The highest BCUT2D eigenvalue weighted by molar-refractivity contribution is 5.94. The van der Waals surface area contributed by atoms with E-state index >= 15 is 0 Å². The molecule has 1 aromatic rings. The first-order valence-corrected chi connectivity index (χ1v) is 5.38. The van der Waals surface area contributed by atoms with E-state index < -0.39 is 0 Å². The van der Waals surface area contributed by atoms with Gasteiger partial charge in [-0.15, -0.1) is 0 Å². The molecule has 0 bridgehead atoms. The maximum Gasteiger partial charge on any atom is 0.201 e. The summed E-state index contributed by atoms with van der Waals surface area (Å²) in [5.41, 5.74) is 0. The summed E-state index contributed by atoms with van der Waals surface area (Å²) < 4.78 is 1.93. The Morgan fingerprint density at radius 3 is 2.93 bits per heavy atom. The third-order valence-electron chi connectivity index (χ3n) is 3.00. The number of Topliss-reactive ketones (excluding diaryl/α,β-unsaturated/α-hetero) is 1. The number of rotatable bonds is 3. The van der Waals surface area contributed by atoms with Crippen LogP contribution in [0.3, 0.4) is 0 Å². The molecule has 0 N–H and O–H groups in total. The Morgan fingerprint density at radius 2 is 2.29 bits per heavy atom. The Bertz CT molecular complexity index is 324. The zero-order valence-corrected chi connectivity index (χ0v) is 8.57. The van der Waals surface area contributed by atoms with Gasteiger partial charge in [-0.3, -0.25) is 4.79 Å². The van der Waals surface area contributed by atoms with Crippen LogP contribution in [0.4, 0.5) is 0 Å². The van der Waals surface area contributed by atoms with E-state index in [1.807, 2.05) is 17.7 Å². The second-order valence-electron chi connectivity index (χ2n) is 3.88. The van der Waals surface area contributed by atoms with E-state index in [9.17, 15) is 4.79 Å². The number of nitrogens with zero attached hydrogens (tertiary/aromatic N) is 2. The molecule has 1 aromatic heterocycles. The Hall–Kier alpha value is -1.12. The molecule has 0 unspecified atom stereocenters. The van der Waals surface area contributed by atoms with Crippen molar-refractivity contribution in [2.24, 2.45) is 5.92 Å². The summed E-state index contributed by atoms with van der Waals surface area (Å²) in [5, 5.41) is 0. The van der Waals surface area contributed by atoms with Crippen LogP contribution in [0, 0.1) is 5.92 Å². The van der Waals surface area contributed by atoms with Crippen molar-refractivity contribution in [3.05, 3.63) is 18.2 Å². The number of imidazole rings is 1. The highest BCUT2D eigenvalue weighted by Gasteiger charge is 2.26. The van der Waals surface area contributed by atoms with Crippen LogP contribution < -0.4 is 0 Å². The molecule has 0 saturated heterocycles. The molecule has 0 spiro atoms. The van der Waals surface area contributed by atoms with Crippen molar-refractivity contribution in [3.8, 4) is 0 Å². The molecule has 1 fully saturated rings. The highest BCUT2D eigenvalue weighted by atomic mass is 16.1. The van der Waals surface area contributed by atoms with E-state index in [1.54, 1.807) is 6.20 Å². The van der Waals surface area contributed by atoms with E-state index in [2.05, 4.69) is 4.98 Å². The number of hydrogen-bond acceptors (Lipinski definition) is 2. The van der Waals surface area contributed by atoms with Gasteiger partial charge in [-0.2, -0.15) is 0 Å². The van der Waals surface area contributed by atoms with Crippen LogP contribution in [-0.2, 0) is 6.54 Å². The first kappa shape index (κ1) is 9.44. The van der Waals surface area contributed by atoms with Crippen LogP contribution in [-0.4, -0.2) is 15.3 Å². The predicted octanol–water partition coefficient (Wildman–Crippen LogP) is 2.28. The zero-order chi connectivity index (χ0) is 9.97. The lowest BCUT2D eigenvalue weighted by Gasteiger charge is -2.08. The Kier molecular flexibility index (Phi) is 2.66. The van der Waals surface area contributed by atoms with Gasteiger partial charge >= 0.3 is 0 Å². The largest absolute Gasteiger partial charge is 0.329 e. The Labute approximate surface area is 84.1 Å². The minimum Gasteiger partial charge on any atom is -0.329 e. The summed E-state index contributed by atoms with van der Waals surface area (Å²) in [5.74, 6) is 1.14. The number of aryl methyl sites for hydroxylation is 1. The number of carbonyl (C=O) groups excluding carboxylic acids is 1. The molecule has 1 aliphatic rings. The lowest BCUT2D eigenvalue weighted by molar-refractivity contribution is 0.0908. The summed E-state index contributed by atoms with van der Waals surface area (Å²) in [6.45, 7) is 2.86. The first-order valence-electron chi connectivity index (χ1n) is 5.38. The number of ketones is 1. The average Bonchev–Trinajstić information content (AvgIpc) is 2.87. The molecule has 1 saturated carbocycles. The molecule has 1 heterocycles. The van der Waals surface area contributed by atoms with Gasteiger partial charge in [-0.1, -0.05) is 12.8 Å². The minimum atomic E-state index is 0.239. The van der Waals surface area contributed by atoms with E-state index in [1.165, 1.54) is 12.8 Å². The van der Waals surface area contributed by atoms with Gasteiger partial charge in [-0.25, -0.2) is 4.98 Å². The lowest BCUT2D eigenvalue weighted by Crippen LogP contribution is -2.16.